The molecule has 2 aromatic carbocycles. The molecule has 2 aromatic rings. The number of alkyl halides is 3. The highest BCUT2D eigenvalue weighted by Crippen LogP contribution is 2.44. The molecule has 0 aliphatic carbocycles. The van der Waals surface area contributed by atoms with Gasteiger partial charge < -0.3 is 14.0 Å². The smallest absolute Gasteiger partial charge is 0.479 e. The van der Waals surface area contributed by atoms with Gasteiger partial charge in [-0.25, -0.2) is 13.2 Å². The van der Waals surface area contributed by atoms with E-state index in [-0.39, 0.29) is 34.7 Å². The normalized spacial score (nSPS) is 18.9. The van der Waals surface area contributed by atoms with Crippen molar-refractivity contribution in [3.05, 3.63) is 53.1 Å². The number of carbonyl (C=O) groups is 1. The lowest BCUT2D eigenvalue weighted by Gasteiger charge is -2.43. The van der Waals surface area contributed by atoms with Crippen molar-refractivity contribution in [1.82, 2.24) is 4.31 Å². The second-order valence-corrected chi connectivity index (χ2v) is 13.0. The van der Waals surface area contributed by atoms with Gasteiger partial charge in [-0.1, -0.05) is 32.9 Å². The molecule has 1 aliphatic heterocycles. The molecular formula is C24H28F3NO8S2. The number of carboxylic acids is 1. The van der Waals surface area contributed by atoms with Crippen molar-refractivity contribution in [3.8, 4) is 11.5 Å². The van der Waals surface area contributed by atoms with E-state index in [0.29, 0.717) is 5.56 Å². The maximum absolute atomic E-state index is 13.9. The van der Waals surface area contributed by atoms with Crippen LogP contribution in [0.3, 0.4) is 0 Å². The highest BCUT2D eigenvalue weighted by molar-refractivity contribution is 7.89. The molecular weight excluding hydrogens is 551 g/mol. The number of carboxylic acid groups (broad SMARTS) is 1. The summed E-state index contributed by atoms with van der Waals surface area (Å²) in [5.41, 5.74) is -5.35. The Bertz CT molecular complexity index is 1450. The van der Waals surface area contributed by atoms with Crippen LogP contribution in [-0.2, 0) is 30.4 Å². The van der Waals surface area contributed by atoms with E-state index in [1.165, 1.54) is 38.1 Å². The summed E-state index contributed by atoms with van der Waals surface area (Å²) in [6, 6.07) is 6.94. The molecule has 1 N–H and O–H groups in total. The highest BCUT2D eigenvalue weighted by atomic mass is 32.2. The molecule has 0 fully saturated rings. The van der Waals surface area contributed by atoms with E-state index in [0.717, 1.165) is 16.4 Å². The monoisotopic (exact) mass is 579 g/mol. The first-order valence-electron chi connectivity index (χ1n) is 11.5. The lowest BCUT2D eigenvalue weighted by atomic mass is 9.77. The van der Waals surface area contributed by atoms with Crippen molar-refractivity contribution in [2.75, 3.05) is 6.54 Å². The predicted molar refractivity (Wildman–Crippen MR) is 131 cm³/mol. The maximum Gasteiger partial charge on any atom is 0.534 e. The summed E-state index contributed by atoms with van der Waals surface area (Å²) in [6.07, 6.45) is -1.04. The molecule has 0 saturated carbocycles. The number of aliphatic carboxylic acids is 1. The van der Waals surface area contributed by atoms with Crippen LogP contribution in [0.2, 0.25) is 0 Å². The maximum atomic E-state index is 13.9. The lowest BCUT2D eigenvalue weighted by molar-refractivity contribution is -0.145. The van der Waals surface area contributed by atoms with Crippen LogP contribution < -0.4 is 8.92 Å². The van der Waals surface area contributed by atoms with Crippen LogP contribution in [0.5, 0.6) is 11.5 Å². The van der Waals surface area contributed by atoms with Crippen molar-refractivity contribution >= 4 is 26.1 Å². The fourth-order valence-electron chi connectivity index (χ4n) is 4.38. The van der Waals surface area contributed by atoms with Crippen molar-refractivity contribution < 1.29 is 48.8 Å². The van der Waals surface area contributed by atoms with E-state index in [9.17, 15) is 39.9 Å². The first-order chi connectivity index (χ1) is 17.3. The standard InChI is InChI=1S/C24H28F3NO8S2/c1-6-19(22(29)30)35-20-8-7-9-21(14(20)2)37(31,32)28-13-23(4,5)18-11-10-16(12-17(18)15(28)3)36-38(33,34)24(25,26)27/h7-12,15,19H,6,13H2,1-5H3,(H,29,30). The molecule has 38 heavy (non-hydrogen) atoms. The Morgan fingerprint density at radius 1 is 1.18 bits per heavy atom. The van der Waals surface area contributed by atoms with Crippen LogP contribution in [0.15, 0.2) is 41.3 Å². The van der Waals surface area contributed by atoms with Gasteiger partial charge in [0.15, 0.2) is 6.10 Å². The molecule has 9 nitrogen and oxygen atoms in total. The number of sulfonamides is 1. The van der Waals surface area contributed by atoms with Crippen LogP contribution >= 0.6 is 0 Å². The van der Waals surface area contributed by atoms with Gasteiger partial charge in [-0.3, -0.25) is 0 Å². The van der Waals surface area contributed by atoms with Gasteiger partial charge in [-0.15, -0.1) is 0 Å². The van der Waals surface area contributed by atoms with Crippen LogP contribution in [0, 0.1) is 6.92 Å². The fourth-order valence-corrected chi connectivity index (χ4v) is 6.84. The Morgan fingerprint density at radius 3 is 2.37 bits per heavy atom. The molecule has 0 saturated heterocycles. The van der Waals surface area contributed by atoms with Gasteiger partial charge in [-0.2, -0.15) is 25.9 Å². The summed E-state index contributed by atoms with van der Waals surface area (Å²) in [5, 5.41) is 9.32. The topological polar surface area (TPSA) is 127 Å². The Hall–Kier alpha value is -2.84. The van der Waals surface area contributed by atoms with Crippen LogP contribution in [0.4, 0.5) is 13.2 Å². The van der Waals surface area contributed by atoms with E-state index in [2.05, 4.69) is 4.18 Å². The Kier molecular flexibility index (Phi) is 7.85. The Morgan fingerprint density at radius 2 is 1.82 bits per heavy atom. The average Bonchev–Trinajstić information content (AvgIpc) is 2.79. The van der Waals surface area contributed by atoms with E-state index in [4.69, 9.17) is 4.74 Å². The summed E-state index contributed by atoms with van der Waals surface area (Å²) < 4.78 is 100. The Labute approximate surface area is 219 Å². The molecule has 0 amide bonds. The van der Waals surface area contributed by atoms with Gasteiger partial charge in [0.05, 0.1) is 4.90 Å². The molecule has 1 heterocycles. The zero-order valence-electron chi connectivity index (χ0n) is 21.2. The molecule has 2 unspecified atom stereocenters. The van der Waals surface area contributed by atoms with Crippen LogP contribution in [0.1, 0.15) is 56.8 Å². The molecule has 0 bridgehead atoms. The highest BCUT2D eigenvalue weighted by Gasteiger charge is 2.49. The molecule has 0 radical (unpaired) electrons. The molecule has 2 atom stereocenters. The van der Waals surface area contributed by atoms with Gasteiger partial charge in [0.25, 0.3) is 0 Å². The van der Waals surface area contributed by atoms with E-state index < -0.39 is 54.9 Å². The minimum Gasteiger partial charge on any atom is -0.479 e. The molecule has 0 spiro atoms. The van der Waals surface area contributed by atoms with E-state index in [1.807, 2.05) is 0 Å². The number of hydrogen-bond acceptors (Lipinski definition) is 7. The predicted octanol–water partition coefficient (Wildman–Crippen LogP) is 4.51. The first-order valence-corrected chi connectivity index (χ1v) is 14.3. The van der Waals surface area contributed by atoms with Gasteiger partial charge >= 0.3 is 21.6 Å². The second-order valence-electron chi connectivity index (χ2n) is 9.57. The summed E-state index contributed by atoms with van der Waals surface area (Å²) in [5.74, 6) is -1.72. The van der Waals surface area contributed by atoms with Gasteiger partial charge in [0, 0.05) is 23.6 Å². The van der Waals surface area contributed by atoms with Gasteiger partial charge in [-0.05, 0) is 55.7 Å². The molecule has 3 rings (SSSR count). The summed E-state index contributed by atoms with van der Waals surface area (Å²) in [4.78, 5) is 11.3. The second kappa shape index (κ2) is 10.0. The number of halogens is 3. The van der Waals surface area contributed by atoms with Crippen LogP contribution in [0.25, 0.3) is 0 Å². The summed E-state index contributed by atoms with van der Waals surface area (Å²) in [6.45, 7) is 8.12. The Balaban J connectivity index is 2.06. The van der Waals surface area contributed by atoms with Crippen molar-refractivity contribution in [1.29, 1.82) is 0 Å². The molecule has 210 valence electrons. The number of nitrogens with zero attached hydrogens (tertiary/aromatic N) is 1. The number of ether oxygens (including phenoxy) is 1. The number of fused-ring (bicyclic) bond motifs is 1. The number of hydrogen-bond donors (Lipinski definition) is 1. The number of benzene rings is 2. The molecule has 1 aliphatic rings. The van der Waals surface area contributed by atoms with E-state index in [1.54, 1.807) is 20.8 Å². The van der Waals surface area contributed by atoms with Crippen molar-refractivity contribution in [2.45, 2.75) is 69.0 Å². The third-order valence-corrected chi connectivity index (χ3v) is 9.45. The van der Waals surface area contributed by atoms with Gasteiger partial charge in [0.1, 0.15) is 11.5 Å². The first kappa shape index (κ1) is 29.7. The third-order valence-electron chi connectivity index (χ3n) is 6.41. The minimum absolute atomic E-state index is 0.00178. The zero-order valence-corrected chi connectivity index (χ0v) is 22.9. The summed E-state index contributed by atoms with van der Waals surface area (Å²) >= 11 is 0. The molecule has 14 heteroatoms. The number of rotatable bonds is 8. The zero-order chi connectivity index (χ0) is 28.8. The lowest BCUT2D eigenvalue weighted by Crippen LogP contribution is -2.47. The average molecular weight is 580 g/mol. The van der Waals surface area contributed by atoms with Crippen molar-refractivity contribution in [3.63, 3.8) is 0 Å². The SMILES string of the molecule is CCC(Oc1cccc(S(=O)(=O)N2CC(C)(C)c3ccc(OS(=O)(=O)C(F)(F)F)cc3C2C)c1C)C(=O)O. The molecule has 0 aromatic heterocycles. The quantitative estimate of drug-likeness (QED) is 0.358. The fraction of sp³-hybridized carbons (Fsp3) is 0.458. The van der Waals surface area contributed by atoms with E-state index >= 15 is 0 Å². The largest absolute Gasteiger partial charge is 0.534 e. The van der Waals surface area contributed by atoms with Gasteiger partial charge in [0.2, 0.25) is 10.0 Å². The minimum atomic E-state index is -5.92. The third kappa shape index (κ3) is 5.47. The van der Waals surface area contributed by atoms with Crippen LogP contribution in [-0.4, -0.2) is 50.4 Å². The van der Waals surface area contributed by atoms with Crippen molar-refractivity contribution in [2.24, 2.45) is 0 Å². The summed E-state index contributed by atoms with van der Waals surface area (Å²) in [7, 11) is -10.2.